The first-order chi connectivity index (χ1) is 13.2. The van der Waals surface area contributed by atoms with Crippen molar-refractivity contribution >= 4 is 17.2 Å². The Morgan fingerprint density at radius 3 is 2.56 bits per heavy atom. The number of nitrogens with zero attached hydrogens (tertiary/aromatic N) is 2. The molecule has 0 bridgehead atoms. The third-order valence-corrected chi connectivity index (χ3v) is 5.22. The van der Waals surface area contributed by atoms with Crippen molar-refractivity contribution < 1.29 is 9.53 Å². The maximum Gasteiger partial charge on any atom is 0.137 e. The normalized spacial score (nSPS) is 14.2. The summed E-state index contributed by atoms with van der Waals surface area (Å²) in [6.45, 7) is 6.23. The highest BCUT2D eigenvalue weighted by molar-refractivity contribution is 5.83. The summed E-state index contributed by atoms with van der Waals surface area (Å²) in [6.07, 6.45) is 2.07. The van der Waals surface area contributed by atoms with E-state index in [-0.39, 0.29) is 5.78 Å². The van der Waals surface area contributed by atoms with Gasteiger partial charge in [0.05, 0.1) is 13.2 Å². The SMILES string of the molecule is CCC(=O)Cc1ccc(N2CCOCC2)cc1N(C)CCc1ccccc1. The molecule has 1 aliphatic heterocycles. The predicted octanol–water partition coefficient (Wildman–Crippen LogP) is 3.72. The van der Waals surface area contributed by atoms with Crippen molar-refractivity contribution in [2.45, 2.75) is 26.2 Å². The van der Waals surface area contributed by atoms with E-state index in [0.29, 0.717) is 12.8 Å². The zero-order valence-corrected chi connectivity index (χ0v) is 16.5. The quantitative estimate of drug-likeness (QED) is 0.713. The lowest BCUT2D eigenvalue weighted by Gasteiger charge is -2.31. The lowest BCUT2D eigenvalue weighted by atomic mass is 10.0. The van der Waals surface area contributed by atoms with Gasteiger partial charge in [-0.1, -0.05) is 43.3 Å². The van der Waals surface area contributed by atoms with Crippen LogP contribution in [0.1, 0.15) is 24.5 Å². The first-order valence-electron chi connectivity index (χ1n) is 9.89. The number of carbonyl (C=O) groups is 1. The number of anilines is 2. The highest BCUT2D eigenvalue weighted by atomic mass is 16.5. The Kier molecular flexibility index (Phi) is 6.88. The number of hydrogen-bond donors (Lipinski definition) is 0. The molecule has 2 aromatic rings. The number of benzene rings is 2. The van der Waals surface area contributed by atoms with Crippen molar-refractivity contribution in [3.8, 4) is 0 Å². The maximum atomic E-state index is 12.1. The van der Waals surface area contributed by atoms with Crippen LogP contribution < -0.4 is 9.80 Å². The van der Waals surface area contributed by atoms with Crippen LogP contribution in [-0.4, -0.2) is 45.7 Å². The van der Waals surface area contributed by atoms with E-state index in [0.717, 1.165) is 50.5 Å². The predicted molar refractivity (Wildman–Crippen MR) is 112 cm³/mol. The molecule has 4 nitrogen and oxygen atoms in total. The summed E-state index contributed by atoms with van der Waals surface area (Å²) in [5.74, 6) is 0.284. The smallest absolute Gasteiger partial charge is 0.137 e. The number of morpholine rings is 1. The van der Waals surface area contributed by atoms with Crippen LogP contribution in [0, 0.1) is 0 Å². The number of carbonyl (C=O) groups excluding carboxylic acids is 1. The van der Waals surface area contributed by atoms with E-state index in [4.69, 9.17) is 4.74 Å². The summed E-state index contributed by atoms with van der Waals surface area (Å²) >= 11 is 0. The van der Waals surface area contributed by atoms with E-state index in [2.05, 4.69) is 59.3 Å². The van der Waals surface area contributed by atoms with Crippen molar-refractivity contribution in [3.63, 3.8) is 0 Å². The number of hydrogen-bond acceptors (Lipinski definition) is 4. The molecule has 0 saturated carbocycles. The van der Waals surface area contributed by atoms with Crippen molar-refractivity contribution in [2.75, 3.05) is 49.7 Å². The van der Waals surface area contributed by atoms with Crippen LogP contribution in [0.25, 0.3) is 0 Å². The van der Waals surface area contributed by atoms with Crippen LogP contribution in [0.15, 0.2) is 48.5 Å². The molecule has 0 spiro atoms. The summed E-state index contributed by atoms with van der Waals surface area (Å²) in [5, 5.41) is 0. The number of ether oxygens (including phenoxy) is 1. The summed E-state index contributed by atoms with van der Waals surface area (Å²) < 4.78 is 5.48. The first-order valence-corrected chi connectivity index (χ1v) is 9.89. The molecule has 4 heteroatoms. The van der Waals surface area contributed by atoms with Gasteiger partial charge in [0.2, 0.25) is 0 Å². The molecule has 0 atom stereocenters. The van der Waals surface area contributed by atoms with Crippen LogP contribution in [-0.2, 0) is 22.4 Å². The van der Waals surface area contributed by atoms with E-state index >= 15 is 0 Å². The third-order valence-electron chi connectivity index (χ3n) is 5.22. The van der Waals surface area contributed by atoms with Gasteiger partial charge in [-0.2, -0.15) is 0 Å². The van der Waals surface area contributed by atoms with Gasteiger partial charge in [-0.15, -0.1) is 0 Å². The second-order valence-electron chi connectivity index (χ2n) is 7.14. The van der Waals surface area contributed by atoms with Gasteiger partial charge in [0.25, 0.3) is 0 Å². The van der Waals surface area contributed by atoms with E-state index in [1.807, 2.05) is 13.0 Å². The molecule has 1 saturated heterocycles. The molecule has 27 heavy (non-hydrogen) atoms. The second kappa shape index (κ2) is 9.56. The zero-order chi connectivity index (χ0) is 19.1. The average molecular weight is 367 g/mol. The van der Waals surface area contributed by atoms with Crippen LogP contribution in [0.3, 0.4) is 0 Å². The van der Waals surface area contributed by atoms with Gasteiger partial charge in [0.1, 0.15) is 5.78 Å². The second-order valence-corrected chi connectivity index (χ2v) is 7.14. The fourth-order valence-corrected chi connectivity index (χ4v) is 3.47. The highest BCUT2D eigenvalue weighted by Gasteiger charge is 2.16. The minimum atomic E-state index is 0.284. The Morgan fingerprint density at radius 1 is 1.11 bits per heavy atom. The van der Waals surface area contributed by atoms with Gasteiger partial charge in [0.15, 0.2) is 0 Å². The van der Waals surface area contributed by atoms with Crippen molar-refractivity contribution in [1.29, 1.82) is 0 Å². The van der Waals surface area contributed by atoms with Crippen LogP contribution >= 0.6 is 0 Å². The molecule has 0 amide bonds. The van der Waals surface area contributed by atoms with E-state index in [1.54, 1.807) is 0 Å². The van der Waals surface area contributed by atoms with Crippen LogP contribution in [0.5, 0.6) is 0 Å². The summed E-state index contributed by atoms with van der Waals surface area (Å²) in [5.41, 5.74) is 4.83. The van der Waals surface area contributed by atoms with Gasteiger partial charge in [0, 0.05) is 50.9 Å². The molecule has 0 unspecified atom stereocenters. The Labute approximate surface area is 162 Å². The first kappa shape index (κ1) is 19.4. The molecule has 0 radical (unpaired) electrons. The molecule has 1 heterocycles. The molecule has 0 N–H and O–H groups in total. The Hall–Kier alpha value is -2.33. The minimum Gasteiger partial charge on any atom is -0.378 e. The van der Waals surface area contributed by atoms with Crippen molar-refractivity contribution in [2.24, 2.45) is 0 Å². The molecule has 0 aromatic heterocycles. The molecule has 1 fully saturated rings. The van der Waals surface area contributed by atoms with E-state index < -0.39 is 0 Å². The van der Waals surface area contributed by atoms with Crippen molar-refractivity contribution in [3.05, 3.63) is 59.7 Å². The number of ketones is 1. The molecule has 1 aliphatic rings. The summed E-state index contributed by atoms with van der Waals surface area (Å²) in [7, 11) is 2.13. The van der Waals surface area contributed by atoms with Crippen molar-refractivity contribution in [1.82, 2.24) is 0 Å². The zero-order valence-electron chi connectivity index (χ0n) is 16.5. The Bertz CT molecular complexity index is 739. The van der Waals surface area contributed by atoms with Gasteiger partial charge in [-0.3, -0.25) is 4.79 Å². The van der Waals surface area contributed by atoms with Gasteiger partial charge in [-0.05, 0) is 29.7 Å². The standard InChI is InChI=1S/C23H30N2O2/c1-3-22(26)17-20-9-10-21(25-13-15-27-16-14-25)18-23(20)24(2)12-11-19-7-5-4-6-8-19/h4-10,18H,3,11-17H2,1-2H3. The molecule has 3 rings (SSSR count). The summed E-state index contributed by atoms with van der Waals surface area (Å²) in [4.78, 5) is 16.7. The lowest BCUT2D eigenvalue weighted by Crippen LogP contribution is -2.36. The topological polar surface area (TPSA) is 32.8 Å². The fraction of sp³-hybridized carbons (Fsp3) is 0.435. The van der Waals surface area contributed by atoms with Gasteiger partial charge < -0.3 is 14.5 Å². The summed E-state index contributed by atoms with van der Waals surface area (Å²) in [6, 6.07) is 17.1. The maximum absolute atomic E-state index is 12.1. The lowest BCUT2D eigenvalue weighted by molar-refractivity contribution is -0.118. The molecule has 0 aliphatic carbocycles. The average Bonchev–Trinajstić information content (AvgIpc) is 2.73. The Morgan fingerprint density at radius 2 is 1.85 bits per heavy atom. The molecular weight excluding hydrogens is 336 g/mol. The largest absolute Gasteiger partial charge is 0.378 e. The molecule has 144 valence electrons. The number of likely N-dealkylation sites (N-methyl/N-ethyl adjacent to an activating group) is 1. The Balaban J connectivity index is 1.80. The number of rotatable bonds is 8. The highest BCUT2D eigenvalue weighted by Crippen LogP contribution is 2.28. The minimum absolute atomic E-state index is 0.284. The third kappa shape index (κ3) is 5.33. The monoisotopic (exact) mass is 366 g/mol. The fourth-order valence-electron chi connectivity index (χ4n) is 3.47. The van der Waals surface area contributed by atoms with E-state index in [9.17, 15) is 4.79 Å². The molecular formula is C23H30N2O2. The molecule has 2 aromatic carbocycles. The van der Waals surface area contributed by atoms with E-state index in [1.165, 1.54) is 11.3 Å². The number of Topliss-reactive ketones (excluding diaryl/α,β-unsaturated/α-hetero) is 1. The van der Waals surface area contributed by atoms with Crippen LogP contribution in [0.4, 0.5) is 11.4 Å². The van der Waals surface area contributed by atoms with Crippen LogP contribution in [0.2, 0.25) is 0 Å². The van der Waals surface area contributed by atoms with Gasteiger partial charge in [-0.25, -0.2) is 0 Å². The van der Waals surface area contributed by atoms with Gasteiger partial charge >= 0.3 is 0 Å².